The molecule has 0 radical (unpaired) electrons. The normalized spacial score (nSPS) is 53.9. The fourth-order valence-corrected chi connectivity index (χ4v) is 10.7. The Labute approximate surface area is 218 Å². The van der Waals surface area contributed by atoms with Gasteiger partial charge in [-0.1, -0.05) is 59.3 Å². The highest BCUT2D eigenvalue weighted by molar-refractivity contribution is 5.96. The first-order valence-corrected chi connectivity index (χ1v) is 14.3. The first-order chi connectivity index (χ1) is 16.7. The summed E-state index contributed by atoms with van der Waals surface area (Å²) in [5.41, 5.74) is 0.263. The van der Waals surface area contributed by atoms with Gasteiger partial charge in [-0.05, 0) is 91.4 Å². The van der Waals surface area contributed by atoms with E-state index in [0.717, 1.165) is 19.3 Å². The Morgan fingerprint density at radius 2 is 1.67 bits per heavy atom. The van der Waals surface area contributed by atoms with Crippen molar-refractivity contribution in [2.45, 2.75) is 93.1 Å². The van der Waals surface area contributed by atoms with Crippen LogP contribution in [0.4, 0.5) is 0 Å². The molecule has 3 saturated carbocycles. The van der Waals surface area contributed by atoms with Crippen LogP contribution in [0.25, 0.3) is 0 Å². The summed E-state index contributed by atoms with van der Waals surface area (Å²) in [4.78, 5) is 27.6. The number of carbonyl (C=O) groups excluding carboxylic acids is 2. The molecule has 0 heterocycles. The van der Waals surface area contributed by atoms with Crippen LogP contribution >= 0.6 is 0 Å². The van der Waals surface area contributed by atoms with Gasteiger partial charge in [-0.15, -0.1) is 0 Å². The van der Waals surface area contributed by atoms with Crippen molar-refractivity contribution < 1.29 is 19.1 Å². The van der Waals surface area contributed by atoms with Gasteiger partial charge < -0.3 is 9.47 Å². The van der Waals surface area contributed by atoms with Gasteiger partial charge in [0.05, 0.1) is 18.6 Å². The van der Waals surface area contributed by atoms with Gasteiger partial charge in [0.1, 0.15) is 0 Å². The zero-order chi connectivity index (χ0) is 26.5. The number of hydrogen-bond acceptors (Lipinski definition) is 4. The van der Waals surface area contributed by atoms with E-state index in [0.29, 0.717) is 17.8 Å². The minimum Gasteiger partial charge on any atom is -0.468 e. The summed E-state index contributed by atoms with van der Waals surface area (Å²) in [5.74, 6) is 1.57. The van der Waals surface area contributed by atoms with Crippen LogP contribution in [0.3, 0.4) is 0 Å². The maximum Gasteiger partial charge on any atom is 0.315 e. The monoisotopic (exact) mass is 496 g/mol. The minimum absolute atomic E-state index is 0.0181. The van der Waals surface area contributed by atoms with Crippen molar-refractivity contribution in [2.24, 2.45) is 56.7 Å². The summed E-state index contributed by atoms with van der Waals surface area (Å²) in [6.07, 6.45) is 12.7. The summed E-state index contributed by atoms with van der Waals surface area (Å²) in [6.45, 7) is 16.5. The molecule has 0 spiro atoms. The van der Waals surface area contributed by atoms with E-state index in [1.54, 1.807) is 7.11 Å². The lowest BCUT2D eigenvalue weighted by atomic mass is 9.33. The van der Waals surface area contributed by atoms with Gasteiger partial charge in [0.2, 0.25) is 0 Å². The first-order valence-electron chi connectivity index (χ1n) is 14.3. The van der Waals surface area contributed by atoms with Crippen molar-refractivity contribution in [1.82, 2.24) is 0 Å². The molecule has 0 aromatic carbocycles. The second-order valence-electron chi connectivity index (χ2n) is 14.4. The van der Waals surface area contributed by atoms with Crippen LogP contribution in [0, 0.1) is 56.7 Å². The van der Waals surface area contributed by atoms with Gasteiger partial charge in [0.25, 0.3) is 0 Å². The Morgan fingerprint density at radius 3 is 2.31 bits per heavy atom. The SMILES string of the molecule is COC(=O)[C@@]1(C)C=C[C@@H](OC)[C@@]2(C)[C@H]1CC[C@]1(C)[C@@H]2C(=O)C=C2[C@@H]3[C@@H](C)[C@H](C)CC[C@]3(C)CC[C@]21C. The number of ether oxygens (including phenoxy) is 2. The van der Waals surface area contributed by atoms with Crippen molar-refractivity contribution in [3.63, 3.8) is 0 Å². The molecule has 0 unspecified atom stereocenters. The van der Waals surface area contributed by atoms with Crippen LogP contribution in [0.1, 0.15) is 87.0 Å². The molecule has 0 bridgehead atoms. The predicted molar refractivity (Wildman–Crippen MR) is 142 cm³/mol. The van der Waals surface area contributed by atoms with Crippen molar-refractivity contribution in [2.75, 3.05) is 14.2 Å². The molecule has 5 rings (SSSR count). The van der Waals surface area contributed by atoms with Crippen LogP contribution in [0.5, 0.6) is 0 Å². The number of methoxy groups -OCH3 is 2. The maximum absolute atomic E-state index is 14.5. The molecule has 0 amide bonds. The number of allylic oxidation sites excluding steroid dienone is 2. The number of ketones is 1. The molecule has 3 fully saturated rings. The Hall–Kier alpha value is -1.42. The Morgan fingerprint density at radius 1 is 0.972 bits per heavy atom. The average Bonchev–Trinajstić information content (AvgIpc) is 2.82. The van der Waals surface area contributed by atoms with Crippen molar-refractivity contribution in [1.29, 1.82) is 0 Å². The van der Waals surface area contributed by atoms with E-state index in [-0.39, 0.29) is 45.9 Å². The van der Waals surface area contributed by atoms with Gasteiger partial charge >= 0.3 is 5.97 Å². The standard InChI is InChI=1S/C32H48O4/c1-19-10-13-28(3)16-17-30(5)21(25(28)20(19)2)18-22(33)26-31(30,6)15-11-23-29(4,27(34)36-9)14-12-24(35-8)32(23,26)7/h12,14,18-20,23-26H,10-11,13,15-17H2,1-9H3/t19-,20+,23+,24-,25+,26+,28-,29+,30-,31-,32-/m1/s1. The largest absolute Gasteiger partial charge is 0.468 e. The lowest BCUT2D eigenvalue weighted by molar-refractivity contribution is -0.204. The molecule has 4 nitrogen and oxygen atoms in total. The van der Waals surface area contributed by atoms with Gasteiger partial charge in [-0.25, -0.2) is 0 Å². The Kier molecular flexibility index (Phi) is 5.85. The second kappa shape index (κ2) is 8.04. The highest BCUT2D eigenvalue weighted by Crippen LogP contribution is 2.74. The van der Waals surface area contributed by atoms with Crippen LogP contribution < -0.4 is 0 Å². The molecule has 11 atom stereocenters. The molecule has 5 aliphatic rings. The van der Waals surface area contributed by atoms with E-state index in [2.05, 4.69) is 47.6 Å². The fraction of sp³-hybridized carbons (Fsp3) is 0.812. The number of esters is 1. The third-order valence-corrected chi connectivity index (χ3v) is 13.2. The summed E-state index contributed by atoms with van der Waals surface area (Å²) >= 11 is 0. The minimum atomic E-state index is -0.760. The smallest absolute Gasteiger partial charge is 0.315 e. The van der Waals surface area contributed by atoms with Crippen LogP contribution in [-0.2, 0) is 19.1 Å². The second-order valence-corrected chi connectivity index (χ2v) is 14.4. The lowest BCUT2D eigenvalue weighted by Gasteiger charge is -2.70. The van der Waals surface area contributed by atoms with Gasteiger partial charge in [0.15, 0.2) is 5.78 Å². The lowest BCUT2D eigenvalue weighted by Crippen LogP contribution is -2.68. The molecule has 0 N–H and O–H groups in total. The van der Waals surface area contributed by atoms with E-state index in [9.17, 15) is 9.59 Å². The fourth-order valence-electron chi connectivity index (χ4n) is 10.7. The van der Waals surface area contributed by atoms with Crippen molar-refractivity contribution in [3.8, 4) is 0 Å². The molecule has 200 valence electrons. The highest BCUT2D eigenvalue weighted by Gasteiger charge is 2.72. The van der Waals surface area contributed by atoms with Crippen LogP contribution in [0.15, 0.2) is 23.8 Å². The van der Waals surface area contributed by atoms with E-state index in [1.165, 1.54) is 31.9 Å². The van der Waals surface area contributed by atoms with Gasteiger partial charge in [-0.2, -0.15) is 0 Å². The zero-order valence-electron chi connectivity index (χ0n) is 24.1. The molecular weight excluding hydrogens is 448 g/mol. The number of fused-ring (bicyclic) bond motifs is 7. The van der Waals surface area contributed by atoms with E-state index in [1.807, 2.05) is 19.1 Å². The van der Waals surface area contributed by atoms with Gasteiger partial charge in [0, 0.05) is 18.4 Å². The van der Waals surface area contributed by atoms with E-state index >= 15 is 0 Å². The molecule has 0 aromatic heterocycles. The molecule has 0 saturated heterocycles. The Balaban J connectivity index is 1.69. The van der Waals surface area contributed by atoms with Crippen molar-refractivity contribution in [3.05, 3.63) is 23.8 Å². The quantitative estimate of drug-likeness (QED) is 0.312. The third-order valence-electron chi connectivity index (χ3n) is 13.2. The van der Waals surface area contributed by atoms with Crippen LogP contribution in [0.2, 0.25) is 0 Å². The third kappa shape index (κ3) is 2.97. The van der Waals surface area contributed by atoms with Gasteiger partial charge in [-0.3, -0.25) is 9.59 Å². The maximum atomic E-state index is 14.5. The molecule has 5 aliphatic carbocycles. The molecule has 0 aromatic rings. The van der Waals surface area contributed by atoms with E-state index in [4.69, 9.17) is 9.47 Å². The average molecular weight is 497 g/mol. The van der Waals surface area contributed by atoms with Crippen LogP contribution in [-0.4, -0.2) is 32.1 Å². The topological polar surface area (TPSA) is 52.6 Å². The predicted octanol–water partition coefficient (Wildman–Crippen LogP) is 6.79. The van der Waals surface area contributed by atoms with E-state index < -0.39 is 10.8 Å². The molecule has 4 heteroatoms. The summed E-state index contributed by atoms with van der Waals surface area (Å²) in [5, 5.41) is 0. The first kappa shape index (κ1) is 26.2. The summed E-state index contributed by atoms with van der Waals surface area (Å²) < 4.78 is 11.4. The molecule has 0 aliphatic heterocycles. The molecular formula is C32H48O4. The number of rotatable bonds is 2. The number of carbonyl (C=O) groups is 2. The highest BCUT2D eigenvalue weighted by atomic mass is 16.5. The Bertz CT molecular complexity index is 1030. The number of hydrogen-bond donors (Lipinski definition) is 0. The molecule has 36 heavy (non-hydrogen) atoms. The summed E-state index contributed by atoms with van der Waals surface area (Å²) in [7, 11) is 3.22. The van der Waals surface area contributed by atoms with Crippen molar-refractivity contribution >= 4 is 11.8 Å². The zero-order valence-corrected chi connectivity index (χ0v) is 24.1. The summed E-state index contributed by atoms with van der Waals surface area (Å²) in [6, 6.07) is 0.